The van der Waals surface area contributed by atoms with E-state index in [9.17, 15) is 9.90 Å². The van der Waals surface area contributed by atoms with Gasteiger partial charge in [0.25, 0.3) is 5.91 Å². The smallest absolute Gasteiger partial charge is 0.255 e. The van der Waals surface area contributed by atoms with Crippen LogP contribution in [0.25, 0.3) is 0 Å². The van der Waals surface area contributed by atoms with Gasteiger partial charge in [0, 0.05) is 0 Å². The summed E-state index contributed by atoms with van der Waals surface area (Å²) in [5, 5.41) is 13.0. The summed E-state index contributed by atoms with van der Waals surface area (Å²) in [4.78, 5) is 12.5. The van der Waals surface area contributed by atoms with Crippen molar-refractivity contribution in [1.82, 2.24) is 5.32 Å². The quantitative estimate of drug-likeness (QED) is 0.847. The fraction of sp³-hybridized carbons (Fsp3) is 0.533. The molecule has 0 saturated carbocycles. The van der Waals surface area contributed by atoms with E-state index in [4.69, 9.17) is 9.47 Å². The van der Waals surface area contributed by atoms with E-state index >= 15 is 0 Å². The second kappa shape index (κ2) is 6.23. The van der Waals surface area contributed by atoms with Crippen molar-refractivity contribution < 1.29 is 19.4 Å². The van der Waals surface area contributed by atoms with Gasteiger partial charge in [-0.05, 0) is 55.8 Å². The van der Waals surface area contributed by atoms with Gasteiger partial charge >= 0.3 is 0 Å². The van der Waals surface area contributed by atoms with E-state index in [1.807, 2.05) is 0 Å². The van der Waals surface area contributed by atoms with Gasteiger partial charge in [0.05, 0.1) is 35.4 Å². The van der Waals surface area contributed by atoms with Gasteiger partial charge in [-0.1, -0.05) is 0 Å². The van der Waals surface area contributed by atoms with Crippen molar-refractivity contribution in [3.63, 3.8) is 0 Å². The number of amides is 1. The van der Waals surface area contributed by atoms with Crippen molar-refractivity contribution in [3.8, 4) is 11.5 Å². The molecular weight excluding hydrogens is 338 g/mol. The van der Waals surface area contributed by atoms with Gasteiger partial charge in [-0.3, -0.25) is 4.79 Å². The summed E-state index contributed by atoms with van der Waals surface area (Å²) in [6.45, 7) is 6.80. The molecule has 6 heteroatoms. The molecule has 1 rings (SSSR count). The van der Waals surface area contributed by atoms with Crippen LogP contribution in [0.1, 0.15) is 38.1 Å². The lowest BCUT2D eigenvalue weighted by atomic mass is 9.85. The van der Waals surface area contributed by atoms with Crippen LogP contribution in [0, 0.1) is 0 Å². The minimum Gasteiger partial charge on any atom is -0.497 e. The molecule has 0 aliphatic carbocycles. The zero-order valence-corrected chi connectivity index (χ0v) is 14.8. The van der Waals surface area contributed by atoms with Crippen LogP contribution in [0.3, 0.4) is 0 Å². The molecule has 21 heavy (non-hydrogen) atoms. The summed E-state index contributed by atoms with van der Waals surface area (Å²) in [7, 11) is 3.02. The number of aliphatic hydroxyl groups is 1. The standard InChI is InChI=1S/C15H22BrNO4/c1-14(2,15(3,4)19)17-13(18)10-7-9(20-5)8-11(16)12(10)21-6/h7-8,19H,1-6H3,(H,17,18). The molecule has 0 fully saturated rings. The number of hydrogen-bond acceptors (Lipinski definition) is 4. The zero-order valence-electron chi connectivity index (χ0n) is 13.2. The van der Waals surface area contributed by atoms with Crippen molar-refractivity contribution in [2.45, 2.75) is 38.8 Å². The predicted molar refractivity (Wildman–Crippen MR) is 85.1 cm³/mol. The maximum absolute atomic E-state index is 12.5. The molecule has 118 valence electrons. The first-order chi connectivity index (χ1) is 9.53. The first-order valence-corrected chi connectivity index (χ1v) is 7.29. The fourth-order valence-corrected chi connectivity index (χ4v) is 2.17. The van der Waals surface area contributed by atoms with Gasteiger partial charge < -0.3 is 19.9 Å². The third kappa shape index (κ3) is 3.89. The highest BCUT2D eigenvalue weighted by Crippen LogP contribution is 2.34. The van der Waals surface area contributed by atoms with Crippen molar-refractivity contribution in [3.05, 3.63) is 22.2 Å². The first kappa shape index (κ1) is 17.8. The monoisotopic (exact) mass is 359 g/mol. The number of halogens is 1. The van der Waals surface area contributed by atoms with E-state index < -0.39 is 11.1 Å². The Balaban J connectivity index is 3.21. The number of carbonyl (C=O) groups excluding carboxylic acids is 1. The summed E-state index contributed by atoms with van der Waals surface area (Å²) >= 11 is 3.35. The summed E-state index contributed by atoms with van der Waals surface area (Å²) in [6, 6.07) is 3.32. The molecule has 0 bridgehead atoms. The maximum Gasteiger partial charge on any atom is 0.255 e. The Morgan fingerprint density at radius 3 is 2.19 bits per heavy atom. The molecule has 0 unspecified atom stereocenters. The van der Waals surface area contributed by atoms with Crippen molar-refractivity contribution in [2.75, 3.05) is 14.2 Å². The van der Waals surface area contributed by atoms with Crippen LogP contribution in [-0.2, 0) is 0 Å². The largest absolute Gasteiger partial charge is 0.497 e. The van der Waals surface area contributed by atoms with Crippen molar-refractivity contribution in [2.24, 2.45) is 0 Å². The number of nitrogens with one attached hydrogen (secondary N) is 1. The summed E-state index contributed by atoms with van der Waals surface area (Å²) in [6.07, 6.45) is 0. The predicted octanol–water partition coefficient (Wildman–Crippen LogP) is 2.75. The molecule has 1 amide bonds. The number of rotatable bonds is 5. The minimum atomic E-state index is -1.08. The van der Waals surface area contributed by atoms with Crippen LogP contribution < -0.4 is 14.8 Å². The van der Waals surface area contributed by atoms with E-state index in [0.717, 1.165) is 0 Å². The summed E-state index contributed by atoms with van der Waals surface area (Å²) in [5.74, 6) is 0.604. The second-order valence-electron chi connectivity index (χ2n) is 5.83. The molecule has 0 aliphatic rings. The first-order valence-electron chi connectivity index (χ1n) is 6.50. The van der Waals surface area contributed by atoms with E-state index in [1.54, 1.807) is 39.8 Å². The molecule has 0 atom stereocenters. The number of hydrogen-bond donors (Lipinski definition) is 2. The van der Waals surface area contributed by atoms with Gasteiger partial charge in [-0.2, -0.15) is 0 Å². The van der Waals surface area contributed by atoms with Gasteiger partial charge in [-0.15, -0.1) is 0 Å². The Kier molecular flexibility index (Phi) is 5.28. The van der Waals surface area contributed by atoms with E-state index in [2.05, 4.69) is 21.2 Å². The Bertz CT molecular complexity index is 535. The maximum atomic E-state index is 12.5. The molecule has 1 aromatic carbocycles. The molecule has 1 aromatic rings. The normalized spacial score (nSPS) is 12.0. The van der Waals surface area contributed by atoms with E-state index in [0.29, 0.717) is 21.5 Å². The lowest BCUT2D eigenvalue weighted by molar-refractivity contribution is -0.00298. The van der Waals surface area contributed by atoms with Crippen LogP contribution in [-0.4, -0.2) is 36.4 Å². The Morgan fingerprint density at radius 1 is 1.19 bits per heavy atom. The van der Waals surface area contributed by atoms with Crippen LogP contribution in [0.4, 0.5) is 0 Å². The highest BCUT2D eigenvalue weighted by Gasteiger charge is 2.37. The molecular formula is C15H22BrNO4. The molecule has 5 nitrogen and oxygen atoms in total. The zero-order chi connectivity index (χ0) is 16.4. The van der Waals surface area contributed by atoms with Crippen LogP contribution in [0.2, 0.25) is 0 Å². The number of ether oxygens (including phenoxy) is 2. The number of carbonyl (C=O) groups is 1. The Labute approximate surface area is 133 Å². The second-order valence-corrected chi connectivity index (χ2v) is 6.68. The fourth-order valence-electron chi connectivity index (χ4n) is 1.57. The average molecular weight is 360 g/mol. The van der Waals surface area contributed by atoms with Gasteiger partial charge in [0.1, 0.15) is 11.5 Å². The number of benzene rings is 1. The third-order valence-electron chi connectivity index (χ3n) is 3.66. The lowest BCUT2D eigenvalue weighted by Crippen LogP contribution is -2.57. The van der Waals surface area contributed by atoms with Crippen LogP contribution in [0.5, 0.6) is 11.5 Å². The third-order valence-corrected chi connectivity index (χ3v) is 4.25. The average Bonchev–Trinajstić information content (AvgIpc) is 2.35. The van der Waals surface area contributed by atoms with Crippen molar-refractivity contribution in [1.29, 1.82) is 0 Å². The minimum absolute atomic E-state index is 0.334. The van der Waals surface area contributed by atoms with Crippen molar-refractivity contribution >= 4 is 21.8 Å². The van der Waals surface area contributed by atoms with E-state index in [-0.39, 0.29) is 5.91 Å². The topological polar surface area (TPSA) is 67.8 Å². The number of methoxy groups -OCH3 is 2. The highest BCUT2D eigenvalue weighted by molar-refractivity contribution is 9.10. The van der Waals surface area contributed by atoms with E-state index in [1.165, 1.54) is 14.2 Å². The van der Waals surface area contributed by atoms with Gasteiger partial charge in [0.2, 0.25) is 0 Å². The molecule has 2 N–H and O–H groups in total. The van der Waals surface area contributed by atoms with Gasteiger partial charge in [-0.25, -0.2) is 0 Å². The molecule has 0 heterocycles. The molecule has 0 spiro atoms. The van der Waals surface area contributed by atoms with Crippen LogP contribution in [0.15, 0.2) is 16.6 Å². The van der Waals surface area contributed by atoms with Crippen LogP contribution >= 0.6 is 15.9 Å². The SMILES string of the molecule is COc1cc(Br)c(OC)c(C(=O)NC(C)(C)C(C)(C)O)c1. The van der Waals surface area contributed by atoms with Gasteiger partial charge in [0.15, 0.2) is 0 Å². The lowest BCUT2D eigenvalue weighted by Gasteiger charge is -2.38. The molecule has 0 saturated heterocycles. The summed E-state index contributed by atoms with van der Waals surface area (Å²) < 4.78 is 11.1. The molecule has 0 aromatic heterocycles. The highest BCUT2D eigenvalue weighted by atomic mass is 79.9. The Hall–Kier alpha value is -1.27. The molecule has 0 radical (unpaired) electrons. The Morgan fingerprint density at radius 2 is 1.76 bits per heavy atom. The molecule has 0 aliphatic heterocycles. The summed E-state index contributed by atoms with van der Waals surface area (Å²) in [5.41, 5.74) is -1.56.